The molecule has 0 fully saturated rings. The lowest BCUT2D eigenvalue weighted by Crippen LogP contribution is -2.01. The highest BCUT2D eigenvalue weighted by molar-refractivity contribution is 6.07. The van der Waals surface area contributed by atoms with E-state index in [1.807, 2.05) is 36.7 Å². The Kier molecular flexibility index (Phi) is 5.71. The zero-order chi connectivity index (χ0) is 16.8. The molecule has 0 spiro atoms. The molecule has 0 bridgehead atoms. The highest BCUT2D eigenvalue weighted by atomic mass is 16.5. The smallest absolute Gasteiger partial charge is 0.189 e. The van der Waals surface area contributed by atoms with E-state index in [9.17, 15) is 4.79 Å². The largest absolute Gasteiger partial charge is 0.496 e. The van der Waals surface area contributed by atoms with Crippen molar-refractivity contribution in [2.75, 3.05) is 14.2 Å². The summed E-state index contributed by atoms with van der Waals surface area (Å²) in [4.78, 5) is 12.3. The van der Waals surface area contributed by atoms with E-state index in [1.165, 1.54) is 0 Å². The Morgan fingerprint density at radius 3 is 2.74 bits per heavy atom. The number of benzene rings is 1. The van der Waals surface area contributed by atoms with E-state index in [0.29, 0.717) is 12.2 Å². The first kappa shape index (κ1) is 17.0. The molecule has 5 heteroatoms. The number of ketones is 1. The molecular weight excluding hydrogens is 292 g/mol. The van der Waals surface area contributed by atoms with Crippen LogP contribution in [0.4, 0.5) is 0 Å². The number of methoxy groups -OCH3 is 2. The third-order valence-electron chi connectivity index (χ3n) is 3.70. The van der Waals surface area contributed by atoms with E-state index >= 15 is 0 Å². The summed E-state index contributed by atoms with van der Waals surface area (Å²) < 4.78 is 12.3. The summed E-state index contributed by atoms with van der Waals surface area (Å²) in [5, 5.41) is 4.20. The number of ether oxygens (including phenoxy) is 2. The minimum absolute atomic E-state index is 0.0497. The topological polar surface area (TPSA) is 53.4 Å². The van der Waals surface area contributed by atoms with Crippen molar-refractivity contribution in [3.8, 4) is 5.75 Å². The molecular formula is C18H22N2O3. The summed E-state index contributed by atoms with van der Waals surface area (Å²) in [5.74, 6) is 0.724. The fraction of sp³-hybridized carbons (Fsp3) is 0.333. The average Bonchev–Trinajstić information content (AvgIpc) is 2.94. The lowest BCUT2D eigenvalue weighted by molar-refractivity contribution is 0.104. The fourth-order valence-electron chi connectivity index (χ4n) is 2.44. The number of carbonyl (C=O) groups excluding carboxylic acids is 1. The molecule has 0 saturated carbocycles. The summed E-state index contributed by atoms with van der Waals surface area (Å²) in [6.07, 6.45) is 4.99. The van der Waals surface area contributed by atoms with Crippen LogP contribution in [0.15, 0.2) is 30.5 Å². The van der Waals surface area contributed by atoms with E-state index < -0.39 is 0 Å². The molecule has 0 saturated heterocycles. The quantitative estimate of drug-likeness (QED) is 0.581. The van der Waals surface area contributed by atoms with Crippen molar-refractivity contribution in [1.82, 2.24) is 9.78 Å². The Morgan fingerprint density at radius 1 is 1.35 bits per heavy atom. The van der Waals surface area contributed by atoms with Crippen LogP contribution in [0.5, 0.6) is 5.75 Å². The molecule has 23 heavy (non-hydrogen) atoms. The summed E-state index contributed by atoms with van der Waals surface area (Å²) in [7, 11) is 3.27. The molecule has 1 aromatic carbocycles. The number of aryl methyl sites for hydroxylation is 1. The Labute approximate surface area is 136 Å². The second kappa shape index (κ2) is 7.74. The van der Waals surface area contributed by atoms with Crippen molar-refractivity contribution in [2.45, 2.75) is 27.0 Å². The van der Waals surface area contributed by atoms with Crippen molar-refractivity contribution in [2.24, 2.45) is 0 Å². The number of carbonyl (C=O) groups is 1. The number of allylic oxidation sites excluding steroid dienone is 1. The Bertz CT molecular complexity index is 717. The van der Waals surface area contributed by atoms with Gasteiger partial charge in [0.25, 0.3) is 0 Å². The molecule has 0 unspecified atom stereocenters. The minimum atomic E-state index is -0.0497. The van der Waals surface area contributed by atoms with Gasteiger partial charge in [-0.2, -0.15) is 5.10 Å². The molecule has 0 aliphatic heterocycles. The molecule has 122 valence electrons. The minimum Gasteiger partial charge on any atom is -0.496 e. The maximum absolute atomic E-state index is 12.3. The normalized spacial score (nSPS) is 11.1. The van der Waals surface area contributed by atoms with Gasteiger partial charge in [-0.25, -0.2) is 0 Å². The van der Waals surface area contributed by atoms with Crippen LogP contribution in [0.3, 0.4) is 0 Å². The molecule has 0 amide bonds. The van der Waals surface area contributed by atoms with Gasteiger partial charge in [0.05, 0.1) is 25.5 Å². The third kappa shape index (κ3) is 3.87. The molecule has 2 aromatic rings. The molecule has 0 radical (unpaired) electrons. The monoisotopic (exact) mass is 314 g/mol. The van der Waals surface area contributed by atoms with E-state index in [4.69, 9.17) is 9.47 Å². The van der Waals surface area contributed by atoms with Gasteiger partial charge in [-0.05, 0) is 37.6 Å². The van der Waals surface area contributed by atoms with Gasteiger partial charge in [-0.1, -0.05) is 12.1 Å². The first-order chi connectivity index (χ1) is 11.1. The number of nitrogens with zero attached hydrogens (tertiary/aromatic N) is 2. The number of hydrogen-bond acceptors (Lipinski definition) is 4. The lowest BCUT2D eigenvalue weighted by Gasteiger charge is -2.08. The maximum Gasteiger partial charge on any atom is 0.189 e. The van der Waals surface area contributed by atoms with E-state index in [1.54, 1.807) is 32.6 Å². The Hall–Kier alpha value is -2.40. The van der Waals surface area contributed by atoms with Crippen LogP contribution < -0.4 is 4.74 Å². The first-order valence-corrected chi connectivity index (χ1v) is 7.51. The predicted octanol–water partition coefficient (Wildman–Crippen LogP) is 3.26. The van der Waals surface area contributed by atoms with Gasteiger partial charge in [-0.3, -0.25) is 9.48 Å². The van der Waals surface area contributed by atoms with Crippen molar-refractivity contribution < 1.29 is 14.3 Å². The van der Waals surface area contributed by atoms with E-state index in [2.05, 4.69) is 5.10 Å². The van der Waals surface area contributed by atoms with Crippen LogP contribution in [0.25, 0.3) is 6.08 Å². The number of aromatic nitrogens is 2. The predicted molar refractivity (Wildman–Crippen MR) is 89.7 cm³/mol. The molecule has 0 atom stereocenters. The van der Waals surface area contributed by atoms with Gasteiger partial charge in [0.15, 0.2) is 5.78 Å². The molecule has 2 rings (SSSR count). The van der Waals surface area contributed by atoms with Crippen LogP contribution in [-0.4, -0.2) is 29.8 Å². The van der Waals surface area contributed by atoms with E-state index in [-0.39, 0.29) is 5.78 Å². The molecule has 0 N–H and O–H groups in total. The number of rotatable bonds is 7. The number of hydrogen-bond donors (Lipinski definition) is 0. The maximum atomic E-state index is 12.3. The van der Waals surface area contributed by atoms with E-state index in [0.717, 1.165) is 29.1 Å². The van der Waals surface area contributed by atoms with Crippen LogP contribution >= 0.6 is 0 Å². The van der Waals surface area contributed by atoms with Crippen LogP contribution in [-0.2, 0) is 17.9 Å². The molecule has 0 aliphatic rings. The van der Waals surface area contributed by atoms with Crippen LogP contribution in [0, 0.1) is 6.92 Å². The van der Waals surface area contributed by atoms with Gasteiger partial charge < -0.3 is 9.47 Å². The Balaban J connectivity index is 2.20. The van der Waals surface area contributed by atoms with Crippen molar-refractivity contribution in [1.29, 1.82) is 0 Å². The van der Waals surface area contributed by atoms with Gasteiger partial charge in [-0.15, -0.1) is 0 Å². The van der Waals surface area contributed by atoms with Gasteiger partial charge in [0, 0.05) is 24.9 Å². The van der Waals surface area contributed by atoms with Crippen molar-refractivity contribution in [3.63, 3.8) is 0 Å². The standard InChI is InChI=1S/C18H22N2O3/c1-5-20-13(2)16(11-19-20)17(21)8-6-14-7-9-18(23-4)15(10-14)12-22-3/h6-11H,5,12H2,1-4H3/b8-6+. The summed E-state index contributed by atoms with van der Waals surface area (Å²) in [6.45, 7) is 5.11. The zero-order valence-electron chi connectivity index (χ0n) is 14.0. The third-order valence-corrected chi connectivity index (χ3v) is 3.70. The van der Waals surface area contributed by atoms with Crippen LogP contribution in [0.1, 0.15) is 34.1 Å². The average molecular weight is 314 g/mol. The van der Waals surface area contributed by atoms with Crippen molar-refractivity contribution in [3.05, 3.63) is 52.9 Å². The second-order valence-corrected chi connectivity index (χ2v) is 5.16. The molecule has 0 aliphatic carbocycles. The highest BCUT2D eigenvalue weighted by Gasteiger charge is 2.11. The van der Waals surface area contributed by atoms with Gasteiger partial charge in [0.2, 0.25) is 0 Å². The van der Waals surface area contributed by atoms with Crippen molar-refractivity contribution >= 4 is 11.9 Å². The molecule has 1 aromatic heterocycles. The zero-order valence-corrected chi connectivity index (χ0v) is 14.0. The van der Waals surface area contributed by atoms with Gasteiger partial charge >= 0.3 is 0 Å². The van der Waals surface area contributed by atoms with Crippen LogP contribution in [0.2, 0.25) is 0 Å². The SMILES string of the molecule is CCn1ncc(C(=O)/C=C/c2ccc(OC)c(COC)c2)c1C. The second-order valence-electron chi connectivity index (χ2n) is 5.16. The summed E-state index contributed by atoms with van der Waals surface area (Å²) in [6, 6.07) is 5.73. The fourth-order valence-corrected chi connectivity index (χ4v) is 2.44. The summed E-state index contributed by atoms with van der Waals surface area (Å²) in [5.41, 5.74) is 3.39. The first-order valence-electron chi connectivity index (χ1n) is 7.51. The van der Waals surface area contributed by atoms with Gasteiger partial charge in [0.1, 0.15) is 5.75 Å². The lowest BCUT2D eigenvalue weighted by atomic mass is 10.1. The Morgan fingerprint density at radius 2 is 2.13 bits per heavy atom. The molecule has 1 heterocycles. The molecule has 5 nitrogen and oxygen atoms in total. The highest BCUT2D eigenvalue weighted by Crippen LogP contribution is 2.21. The summed E-state index contributed by atoms with van der Waals surface area (Å²) >= 11 is 0.